The standard InChI is InChI=1S/C18H26BN3O8/c1-22(13-6-2-5-12(11-13)19(29)30)15(23)8-3-7-14(17(26)27)21-18(28)20-10-4-9-16(24)25/h2,5-6,11,14,29-30H,3-4,7-10H2,1H3,(H,24,25)(H,26,27)(H2,20,21,28)/t14-/m0/s1. The van der Waals surface area contributed by atoms with Crippen LogP contribution in [0.2, 0.25) is 0 Å². The fourth-order valence-corrected chi connectivity index (χ4v) is 2.57. The fourth-order valence-electron chi connectivity index (χ4n) is 2.57. The molecule has 0 radical (unpaired) electrons. The van der Waals surface area contributed by atoms with Gasteiger partial charge in [-0.15, -0.1) is 0 Å². The zero-order chi connectivity index (χ0) is 22.7. The first-order valence-electron chi connectivity index (χ1n) is 9.33. The number of benzene rings is 1. The van der Waals surface area contributed by atoms with E-state index in [1.807, 2.05) is 0 Å². The Balaban J connectivity index is 2.48. The summed E-state index contributed by atoms with van der Waals surface area (Å²) in [4.78, 5) is 47.1. The van der Waals surface area contributed by atoms with Crippen LogP contribution in [0.5, 0.6) is 0 Å². The summed E-state index contributed by atoms with van der Waals surface area (Å²) in [7, 11) is -0.144. The number of amides is 3. The summed E-state index contributed by atoms with van der Waals surface area (Å²) in [6, 6.07) is 4.24. The van der Waals surface area contributed by atoms with Crippen LogP contribution in [0.3, 0.4) is 0 Å². The Hall–Kier alpha value is -3.12. The number of carbonyl (C=O) groups is 4. The maximum atomic E-state index is 12.3. The van der Waals surface area contributed by atoms with Crippen LogP contribution in [-0.2, 0) is 14.4 Å². The summed E-state index contributed by atoms with van der Waals surface area (Å²) >= 11 is 0. The van der Waals surface area contributed by atoms with Gasteiger partial charge in [-0.05, 0) is 36.9 Å². The van der Waals surface area contributed by atoms with Gasteiger partial charge in [-0.1, -0.05) is 12.1 Å². The molecular formula is C18H26BN3O8. The van der Waals surface area contributed by atoms with Gasteiger partial charge in [0, 0.05) is 32.1 Å². The lowest BCUT2D eigenvalue weighted by atomic mass is 9.80. The molecule has 0 saturated heterocycles. The summed E-state index contributed by atoms with van der Waals surface area (Å²) < 4.78 is 0. The van der Waals surface area contributed by atoms with Crippen LogP contribution in [-0.4, -0.2) is 70.9 Å². The van der Waals surface area contributed by atoms with Gasteiger partial charge in [0.15, 0.2) is 0 Å². The number of hydrogen-bond acceptors (Lipinski definition) is 6. The minimum absolute atomic E-state index is 0.0207. The van der Waals surface area contributed by atoms with Gasteiger partial charge in [0.25, 0.3) is 0 Å². The minimum atomic E-state index is -1.66. The van der Waals surface area contributed by atoms with E-state index in [0.29, 0.717) is 5.69 Å². The third-order valence-corrected chi connectivity index (χ3v) is 4.27. The Morgan fingerprint density at radius 1 is 1.10 bits per heavy atom. The van der Waals surface area contributed by atoms with Crippen molar-refractivity contribution in [2.24, 2.45) is 0 Å². The van der Waals surface area contributed by atoms with Crippen molar-refractivity contribution in [3.05, 3.63) is 24.3 Å². The van der Waals surface area contributed by atoms with E-state index in [1.54, 1.807) is 12.1 Å². The van der Waals surface area contributed by atoms with Gasteiger partial charge in [0.2, 0.25) is 5.91 Å². The SMILES string of the molecule is CN(C(=O)CCC[C@H](NC(=O)NCCCC(=O)O)C(=O)O)c1cccc(B(O)O)c1. The lowest BCUT2D eigenvalue weighted by Gasteiger charge is -2.19. The van der Waals surface area contributed by atoms with E-state index >= 15 is 0 Å². The van der Waals surface area contributed by atoms with Crippen LogP contribution in [0.1, 0.15) is 32.1 Å². The van der Waals surface area contributed by atoms with Crippen molar-refractivity contribution in [2.45, 2.75) is 38.1 Å². The molecular weight excluding hydrogens is 397 g/mol. The van der Waals surface area contributed by atoms with E-state index < -0.39 is 31.1 Å². The number of urea groups is 1. The Bertz CT molecular complexity index is 759. The summed E-state index contributed by atoms with van der Waals surface area (Å²) in [5.74, 6) is -2.54. The Labute approximate surface area is 173 Å². The molecule has 164 valence electrons. The van der Waals surface area contributed by atoms with Crippen LogP contribution in [0.4, 0.5) is 10.5 Å². The molecule has 1 aromatic carbocycles. The Morgan fingerprint density at radius 3 is 2.40 bits per heavy atom. The minimum Gasteiger partial charge on any atom is -0.481 e. The summed E-state index contributed by atoms with van der Waals surface area (Å²) in [5, 5.41) is 40.9. The third-order valence-electron chi connectivity index (χ3n) is 4.27. The third kappa shape index (κ3) is 8.92. The molecule has 6 N–H and O–H groups in total. The molecule has 0 spiro atoms. The van der Waals surface area contributed by atoms with E-state index in [0.717, 1.165) is 0 Å². The maximum absolute atomic E-state index is 12.3. The summed E-state index contributed by atoms with van der Waals surface area (Å²) in [6.07, 6.45) is 0.344. The average Bonchev–Trinajstić information content (AvgIpc) is 2.69. The molecule has 3 amide bonds. The molecule has 1 aromatic rings. The predicted molar refractivity (Wildman–Crippen MR) is 108 cm³/mol. The zero-order valence-corrected chi connectivity index (χ0v) is 16.6. The largest absolute Gasteiger partial charge is 0.488 e. The van der Waals surface area contributed by atoms with Gasteiger partial charge in [-0.2, -0.15) is 0 Å². The fraction of sp³-hybridized carbons (Fsp3) is 0.444. The molecule has 0 unspecified atom stereocenters. The molecule has 0 heterocycles. The number of rotatable bonds is 12. The quantitative estimate of drug-likeness (QED) is 0.185. The number of carboxylic acids is 2. The van der Waals surface area contributed by atoms with Crippen molar-refractivity contribution in [3.63, 3.8) is 0 Å². The highest BCUT2D eigenvalue weighted by atomic mass is 16.4. The first-order valence-corrected chi connectivity index (χ1v) is 9.33. The molecule has 1 atom stereocenters. The molecule has 30 heavy (non-hydrogen) atoms. The van der Waals surface area contributed by atoms with Gasteiger partial charge >= 0.3 is 25.1 Å². The van der Waals surface area contributed by atoms with Crippen LogP contribution < -0.4 is 21.0 Å². The summed E-state index contributed by atoms with van der Waals surface area (Å²) in [5.41, 5.74) is 0.691. The first-order chi connectivity index (χ1) is 14.1. The van der Waals surface area contributed by atoms with E-state index in [-0.39, 0.29) is 50.0 Å². The molecule has 0 fully saturated rings. The molecule has 0 saturated carbocycles. The smallest absolute Gasteiger partial charge is 0.481 e. The van der Waals surface area contributed by atoms with Crippen molar-refractivity contribution < 1.29 is 39.4 Å². The normalized spacial score (nSPS) is 11.3. The van der Waals surface area contributed by atoms with Gasteiger partial charge in [-0.25, -0.2) is 9.59 Å². The highest BCUT2D eigenvalue weighted by Crippen LogP contribution is 2.13. The van der Waals surface area contributed by atoms with Crippen LogP contribution in [0.25, 0.3) is 0 Å². The van der Waals surface area contributed by atoms with Crippen molar-refractivity contribution in [2.75, 3.05) is 18.5 Å². The first kappa shape index (κ1) is 24.9. The van der Waals surface area contributed by atoms with E-state index in [4.69, 9.17) is 5.11 Å². The molecule has 0 aliphatic carbocycles. The van der Waals surface area contributed by atoms with Crippen molar-refractivity contribution in [1.82, 2.24) is 10.6 Å². The van der Waals surface area contributed by atoms with Crippen molar-refractivity contribution in [1.29, 1.82) is 0 Å². The van der Waals surface area contributed by atoms with Crippen LogP contribution in [0, 0.1) is 0 Å². The van der Waals surface area contributed by atoms with E-state index in [9.17, 15) is 34.3 Å². The Kier molecular flexibility index (Phi) is 10.3. The molecule has 12 heteroatoms. The highest BCUT2D eigenvalue weighted by molar-refractivity contribution is 6.58. The number of nitrogens with zero attached hydrogens (tertiary/aromatic N) is 1. The highest BCUT2D eigenvalue weighted by Gasteiger charge is 2.21. The number of carbonyl (C=O) groups excluding carboxylic acids is 2. The molecule has 0 aliphatic rings. The second-order valence-electron chi connectivity index (χ2n) is 6.60. The van der Waals surface area contributed by atoms with E-state index in [2.05, 4.69) is 10.6 Å². The lowest BCUT2D eigenvalue weighted by molar-refractivity contribution is -0.139. The second-order valence-corrected chi connectivity index (χ2v) is 6.60. The van der Waals surface area contributed by atoms with Gasteiger partial charge < -0.3 is 35.8 Å². The molecule has 0 aromatic heterocycles. The number of nitrogens with one attached hydrogen (secondary N) is 2. The lowest BCUT2D eigenvalue weighted by Crippen LogP contribution is -2.46. The topological polar surface area (TPSA) is 176 Å². The number of hydrogen-bond donors (Lipinski definition) is 6. The summed E-state index contributed by atoms with van der Waals surface area (Å²) in [6.45, 7) is 0.0926. The second kappa shape index (κ2) is 12.4. The van der Waals surface area contributed by atoms with Crippen molar-refractivity contribution >= 4 is 42.1 Å². The molecule has 11 nitrogen and oxygen atoms in total. The van der Waals surface area contributed by atoms with Gasteiger partial charge in [0.1, 0.15) is 6.04 Å². The van der Waals surface area contributed by atoms with Gasteiger partial charge in [0.05, 0.1) is 0 Å². The maximum Gasteiger partial charge on any atom is 0.488 e. The number of anilines is 1. The molecule has 0 aliphatic heterocycles. The van der Waals surface area contributed by atoms with E-state index in [1.165, 1.54) is 24.1 Å². The van der Waals surface area contributed by atoms with Gasteiger partial charge in [-0.3, -0.25) is 9.59 Å². The monoisotopic (exact) mass is 423 g/mol. The molecule has 1 rings (SSSR count). The zero-order valence-electron chi connectivity index (χ0n) is 16.6. The van der Waals surface area contributed by atoms with Crippen molar-refractivity contribution in [3.8, 4) is 0 Å². The van der Waals surface area contributed by atoms with Crippen LogP contribution >= 0.6 is 0 Å². The average molecular weight is 423 g/mol. The predicted octanol–water partition coefficient (Wildman–Crippen LogP) is -0.883. The number of aliphatic carboxylic acids is 2. The Morgan fingerprint density at radius 2 is 1.80 bits per heavy atom. The van der Waals surface area contributed by atoms with Crippen LogP contribution in [0.15, 0.2) is 24.3 Å². The molecule has 0 bridgehead atoms. The number of carboxylic acid groups (broad SMARTS) is 2.